The predicted octanol–water partition coefficient (Wildman–Crippen LogP) is 3.76. The van der Waals surface area contributed by atoms with Crippen LogP contribution in [0.25, 0.3) is 0 Å². The Labute approximate surface area is 129 Å². The maximum atomic E-state index is 5.47. The van der Waals surface area contributed by atoms with Crippen molar-refractivity contribution < 1.29 is 4.52 Å². The zero-order chi connectivity index (χ0) is 15.1. The standard InChI is InChI=1S/C17H31N3O/c1-4-11-18-15(14-7-5-6-8-14)12-17-19-16(20-21-17)10-9-13(2)3/h13-15,18H,4-12H2,1-3H3. The molecule has 1 aliphatic rings. The molecule has 1 saturated carbocycles. The molecule has 0 bridgehead atoms. The van der Waals surface area contributed by atoms with Crippen molar-refractivity contribution in [2.75, 3.05) is 6.54 Å². The summed E-state index contributed by atoms with van der Waals surface area (Å²) in [6, 6.07) is 0.505. The van der Waals surface area contributed by atoms with Crippen molar-refractivity contribution >= 4 is 0 Å². The van der Waals surface area contributed by atoms with Gasteiger partial charge in [0.05, 0.1) is 0 Å². The molecule has 1 atom stereocenters. The number of rotatable bonds is 9. The highest BCUT2D eigenvalue weighted by Gasteiger charge is 2.26. The largest absolute Gasteiger partial charge is 0.339 e. The summed E-state index contributed by atoms with van der Waals surface area (Å²) in [5.41, 5.74) is 0. The number of hydrogen-bond acceptors (Lipinski definition) is 4. The van der Waals surface area contributed by atoms with Crippen LogP contribution in [0.3, 0.4) is 0 Å². The van der Waals surface area contributed by atoms with Gasteiger partial charge in [0.2, 0.25) is 5.89 Å². The van der Waals surface area contributed by atoms with E-state index in [1.54, 1.807) is 0 Å². The van der Waals surface area contributed by atoms with Gasteiger partial charge in [0.15, 0.2) is 5.82 Å². The van der Waals surface area contributed by atoms with Gasteiger partial charge in [-0.1, -0.05) is 38.8 Å². The van der Waals surface area contributed by atoms with Crippen LogP contribution in [-0.2, 0) is 12.8 Å². The Balaban J connectivity index is 1.89. The van der Waals surface area contributed by atoms with Crippen LogP contribution in [0.4, 0.5) is 0 Å². The zero-order valence-electron chi connectivity index (χ0n) is 13.9. The smallest absolute Gasteiger partial charge is 0.228 e. The second kappa shape index (κ2) is 8.52. The first-order valence-corrected chi connectivity index (χ1v) is 8.73. The molecule has 0 aliphatic heterocycles. The molecule has 1 unspecified atom stereocenters. The molecule has 1 aromatic rings. The molecule has 0 radical (unpaired) electrons. The molecule has 4 nitrogen and oxygen atoms in total. The molecule has 21 heavy (non-hydrogen) atoms. The minimum absolute atomic E-state index is 0.505. The molecule has 4 heteroatoms. The molecule has 1 N–H and O–H groups in total. The Kier molecular flexibility index (Phi) is 6.68. The summed E-state index contributed by atoms with van der Waals surface area (Å²) < 4.78 is 5.47. The molecular weight excluding hydrogens is 262 g/mol. The van der Waals surface area contributed by atoms with Crippen LogP contribution in [0.15, 0.2) is 4.52 Å². The van der Waals surface area contributed by atoms with Crippen LogP contribution < -0.4 is 5.32 Å². The Bertz CT molecular complexity index is 396. The van der Waals surface area contributed by atoms with E-state index < -0.39 is 0 Å². The second-order valence-corrected chi connectivity index (χ2v) is 6.85. The maximum Gasteiger partial charge on any atom is 0.228 e. The van der Waals surface area contributed by atoms with Crippen LogP contribution in [0, 0.1) is 11.8 Å². The molecule has 0 amide bonds. The van der Waals surface area contributed by atoms with Gasteiger partial charge < -0.3 is 9.84 Å². The van der Waals surface area contributed by atoms with E-state index in [0.29, 0.717) is 12.0 Å². The van der Waals surface area contributed by atoms with E-state index in [1.165, 1.54) is 32.1 Å². The summed E-state index contributed by atoms with van der Waals surface area (Å²) >= 11 is 0. The van der Waals surface area contributed by atoms with Crippen LogP contribution >= 0.6 is 0 Å². The summed E-state index contributed by atoms with van der Waals surface area (Å²) in [6.07, 6.45) is 9.55. The third kappa shape index (κ3) is 5.42. The summed E-state index contributed by atoms with van der Waals surface area (Å²) in [7, 11) is 0. The summed E-state index contributed by atoms with van der Waals surface area (Å²) in [5, 5.41) is 7.83. The van der Waals surface area contributed by atoms with Gasteiger partial charge in [-0.05, 0) is 44.1 Å². The Morgan fingerprint density at radius 3 is 2.71 bits per heavy atom. The Morgan fingerprint density at radius 2 is 2.05 bits per heavy atom. The van der Waals surface area contributed by atoms with Crippen LogP contribution in [0.5, 0.6) is 0 Å². The van der Waals surface area contributed by atoms with E-state index in [9.17, 15) is 0 Å². The van der Waals surface area contributed by atoms with Crippen LogP contribution in [0.1, 0.15) is 71.0 Å². The summed E-state index contributed by atoms with van der Waals surface area (Å²) in [4.78, 5) is 4.58. The SMILES string of the molecule is CCCNC(Cc1nc(CCC(C)C)no1)C1CCCC1. The van der Waals surface area contributed by atoms with Gasteiger partial charge in [-0.25, -0.2) is 0 Å². The van der Waals surface area contributed by atoms with Crippen LogP contribution in [0.2, 0.25) is 0 Å². The summed E-state index contributed by atoms with van der Waals surface area (Å²) in [6.45, 7) is 7.75. The van der Waals surface area contributed by atoms with Gasteiger partial charge in [0, 0.05) is 18.9 Å². The fourth-order valence-electron chi connectivity index (χ4n) is 3.18. The zero-order valence-corrected chi connectivity index (χ0v) is 13.9. The normalized spacial score (nSPS) is 17.7. The number of nitrogens with one attached hydrogen (secondary N) is 1. The summed E-state index contributed by atoms with van der Waals surface area (Å²) in [5.74, 6) is 3.15. The lowest BCUT2D eigenvalue weighted by atomic mass is 9.95. The highest BCUT2D eigenvalue weighted by atomic mass is 16.5. The second-order valence-electron chi connectivity index (χ2n) is 6.85. The average molecular weight is 293 g/mol. The first kappa shape index (κ1) is 16.5. The first-order valence-electron chi connectivity index (χ1n) is 8.73. The fourth-order valence-corrected chi connectivity index (χ4v) is 3.18. The lowest BCUT2D eigenvalue weighted by Crippen LogP contribution is -2.37. The molecule has 1 aliphatic carbocycles. The van der Waals surface area contributed by atoms with E-state index in [-0.39, 0.29) is 0 Å². The highest BCUT2D eigenvalue weighted by molar-refractivity contribution is 4.93. The molecule has 120 valence electrons. The molecule has 0 spiro atoms. The number of hydrogen-bond donors (Lipinski definition) is 1. The quantitative estimate of drug-likeness (QED) is 0.753. The van der Waals surface area contributed by atoms with Crippen molar-refractivity contribution in [2.24, 2.45) is 11.8 Å². The van der Waals surface area contributed by atoms with Crippen molar-refractivity contribution in [3.63, 3.8) is 0 Å². The van der Waals surface area contributed by atoms with Crippen molar-refractivity contribution in [1.29, 1.82) is 0 Å². The molecule has 1 heterocycles. The predicted molar refractivity (Wildman–Crippen MR) is 85.2 cm³/mol. The Morgan fingerprint density at radius 1 is 1.29 bits per heavy atom. The van der Waals surface area contributed by atoms with E-state index in [4.69, 9.17) is 4.52 Å². The number of aromatic nitrogens is 2. The molecule has 2 rings (SSSR count). The highest BCUT2D eigenvalue weighted by Crippen LogP contribution is 2.29. The van der Waals surface area contributed by atoms with Crippen molar-refractivity contribution in [2.45, 2.75) is 78.2 Å². The topological polar surface area (TPSA) is 51.0 Å². The van der Waals surface area contributed by atoms with E-state index in [2.05, 4.69) is 36.2 Å². The lowest BCUT2D eigenvalue weighted by Gasteiger charge is -2.23. The van der Waals surface area contributed by atoms with Gasteiger partial charge in [-0.2, -0.15) is 4.98 Å². The molecule has 0 saturated heterocycles. The van der Waals surface area contributed by atoms with Gasteiger partial charge in [0.1, 0.15) is 0 Å². The third-order valence-corrected chi connectivity index (χ3v) is 4.48. The number of aryl methyl sites for hydroxylation is 1. The van der Waals surface area contributed by atoms with E-state index in [1.807, 2.05) is 0 Å². The average Bonchev–Trinajstić information content (AvgIpc) is 3.12. The van der Waals surface area contributed by atoms with Gasteiger partial charge in [-0.15, -0.1) is 0 Å². The molecule has 1 aromatic heterocycles. The lowest BCUT2D eigenvalue weighted by molar-refractivity contribution is 0.306. The Hall–Kier alpha value is -0.900. The third-order valence-electron chi connectivity index (χ3n) is 4.48. The molecular formula is C17H31N3O. The fraction of sp³-hybridized carbons (Fsp3) is 0.882. The van der Waals surface area contributed by atoms with Crippen molar-refractivity contribution in [1.82, 2.24) is 15.5 Å². The maximum absolute atomic E-state index is 5.47. The van der Waals surface area contributed by atoms with Crippen LogP contribution in [-0.4, -0.2) is 22.7 Å². The molecule has 0 aromatic carbocycles. The van der Waals surface area contributed by atoms with E-state index in [0.717, 1.165) is 43.4 Å². The van der Waals surface area contributed by atoms with Gasteiger partial charge >= 0.3 is 0 Å². The first-order chi connectivity index (χ1) is 10.2. The van der Waals surface area contributed by atoms with Gasteiger partial charge in [-0.3, -0.25) is 0 Å². The minimum atomic E-state index is 0.505. The number of nitrogens with zero attached hydrogens (tertiary/aromatic N) is 2. The van der Waals surface area contributed by atoms with Gasteiger partial charge in [0.25, 0.3) is 0 Å². The molecule has 1 fully saturated rings. The van der Waals surface area contributed by atoms with Crippen molar-refractivity contribution in [3.05, 3.63) is 11.7 Å². The monoisotopic (exact) mass is 293 g/mol. The van der Waals surface area contributed by atoms with E-state index >= 15 is 0 Å². The van der Waals surface area contributed by atoms with Crippen molar-refractivity contribution in [3.8, 4) is 0 Å². The minimum Gasteiger partial charge on any atom is -0.339 e.